The number of ether oxygens (including phenoxy) is 2. The molecule has 0 spiro atoms. The highest BCUT2D eigenvalue weighted by Crippen LogP contribution is 2.23. The molecular weight excluding hydrogens is 404 g/mol. The standard InChI is InChI=1S/C18H20B4O7S/c19-8-11-13(17(23)28-6-7-30(25,26)27)14(16(22)12(9-20)15(11)21)18(24)29-10-4-2-1-3-5-10/h10H,1-9H2,(H,25,26,27). The molecule has 0 bridgehead atoms. The summed E-state index contributed by atoms with van der Waals surface area (Å²) in [4.78, 5) is 25.7. The summed E-state index contributed by atoms with van der Waals surface area (Å²) in [6.07, 6.45) is 3.64. The van der Waals surface area contributed by atoms with Crippen LogP contribution in [0.4, 0.5) is 0 Å². The minimum atomic E-state index is -4.35. The van der Waals surface area contributed by atoms with Gasteiger partial charge in [0.05, 0.1) is 26.8 Å². The third-order valence-electron chi connectivity index (χ3n) is 5.01. The lowest BCUT2D eigenvalue weighted by Crippen LogP contribution is -2.37. The molecule has 0 aromatic heterocycles. The molecule has 30 heavy (non-hydrogen) atoms. The Morgan fingerprint density at radius 3 is 2.07 bits per heavy atom. The van der Waals surface area contributed by atoms with Crippen molar-refractivity contribution in [3.63, 3.8) is 0 Å². The fourth-order valence-electron chi connectivity index (χ4n) is 3.47. The third kappa shape index (κ3) is 5.94. The molecule has 2 rings (SSSR count). The fraction of sp³-hybridized carbons (Fsp3) is 0.556. The van der Waals surface area contributed by atoms with E-state index in [0.29, 0.717) is 12.8 Å². The van der Waals surface area contributed by atoms with Gasteiger partial charge in [0, 0.05) is 0 Å². The van der Waals surface area contributed by atoms with Gasteiger partial charge >= 0.3 is 11.9 Å². The molecule has 12 heteroatoms. The van der Waals surface area contributed by atoms with Crippen LogP contribution < -0.4 is 10.9 Å². The molecule has 0 amide bonds. The minimum absolute atomic E-state index is 0.0495. The van der Waals surface area contributed by atoms with E-state index in [4.69, 9.17) is 45.4 Å². The number of esters is 2. The van der Waals surface area contributed by atoms with Crippen LogP contribution in [0.1, 0.15) is 63.9 Å². The predicted octanol–water partition coefficient (Wildman–Crippen LogP) is -0.855. The van der Waals surface area contributed by atoms with E-state index in [9.17, 15) is 18.0 Å². The maximum atomic E-state index is 13.0. The third-order valence-corrected chi connectivity index (χ3v) is 5.70. The molecule has 152 valence electrons. The van der Waals surface area contributed by atoms with Crippen LogP contribution in [-0.2, 0) is 32.2 Å². The second-order valence-corrected chi connectivity index (χ2v) is 8.60. The van der Waals surface area contributed by atoms with Crippen molar-refractivity contribution in [2.45, 2.75) is 50.8 Å². The topological polar surface area (TPSA) is 107 Å². The van der Waals surface area contributed by atoms with Gasteiger partial charge in [0.25, 0.3) is 10.1 Å². The van der Waals surface area contributed by atoms with Crippen LogP contribution in [0.25, 0.3) is 0 Å². The smallest absolute Gasteiger partial charge is 0.339 e. The van der Waals surface area contributed by atoms with Gasteiger partial charge in [-0.15, -0.1) is 0 Å². The average Bonchev–Trinajstić information content (AvgIpc) is 2.67. The maximum absolute atomic E-state index is 13.0. The minimum Gasteiger partial charge on any atom is -0.461 e. The summed E-state index contributed by atoms with van der Waals surface area (Å²) in [5, 5.41) is 0. The van der Waals surface area contributed by atoms with Crippen molar-refractivity contribution in [3.05, 3.63) is 22.3 Å². The first kappa shape index (κ1) is 24.6. The average molecular weight is 424 g/mol. The van der Waals surface area contributed by atoms with Crippen molar-refractivity contribution in [2.24, 2.45) is 0 Å². The first-order chi connectivity index (χ1) is 14.1. The van der Waals surface area contributed by atoms with Gasteiger partial charge in [-0.2, -0.15) is 8.42 Å². The van der Waals surface area contributed by atoms with Crippen LogP contribution >= 0.6 is 0 Å². The molecule has 0 saturated heterocycles. The molecule has 0 heterocycles. The van der Waals surface area contributed by atoms with Crippen LogP contribution in [-0.4, -0.2) is 74.8 Å². The zero-order valence-electron chi connectivity index (χ0n) is 16.6. The second-order valence-electron chi connectivity index (χ2n) is 7.03. The Kier molecular flexibility index (Phi) is 8.67. The van der Waals surface area contributed by atoms with E-state index >= 15 is 0 Å². The Bertz CT molecular complexity index is 912. The number of hydrogen-bond acceptors (Lipinski definition) is 6. The Morgan fingerprint density at radius 1 is 0.933 bits per heavy atom. The molecular formula is C18H20B4O7S. The van der Waals surface area contributed by atoms with E-state index in [1.54, 1.807) is 0 Å². The Labute approximate surface area is 182 Å². The van der Waals surface area contributed by atoms with Gasteiger partial charge in [-0.05, 0) is 31.2 Å². The SMILES string of the molecule is [B]Cc1c([B])c(C[B])c(C(=O)OCCS(=O)(=O)O)c(C(=O)OC2CCCCC2)c1[B]. The molecule has 1 aromatic rings. The first-order valence-corrected chi connectivity index (χ1v) is 11.2. The van der Waals surface area contributed by atoms with E-state index in [2.05, 4.69) is 0 Å². The zero-order valence-corrected chi connectivity index (χ0v) is 17.4. The lowest BCUT2D eigenvalue weighted by molar-refractivity contribution is 0.0205. The Balaban J connectivity index is 2.48. The quantitative estimate of drug-likeness (QED) is 0.329. The fourth-order valence-corrected chi connectivity index (χ4v) is 3.77. The highest BCUT2D eigenvalue weighted by atomic mass is 32.2. The number of hydrogen-bond donors (Lipinski definition) is 1. The second kappa shape index (κ2) is 10.6. The molecule has 1 saturated carbocycles. The van der Waals surface area contributed by atoms with Crippen molar-refractivity contribution in [2.75, 3.05) is 12.4 Å². The van der Waals surface area contributed by atoms with E-state index in [1.165, 1.54) is 0 Å². The monoisotopic (exact) mass is 424 g/mol. The number of carbonyl (C=O) groups excluding carboxylic acids is 2. The lowest BCUT2D eigenvalue weighted by Gasteiger charge is -2.26. The molecule has 7 nitrogen and oxygen atoms in total. The normalized spacial score (nSPS) is 15.0. The van der Waals surface area contributed by atoms with Gasteiger partial charge in [-0.25, -0.2) is 9.59 Å². The largest absolute Gasteiger partial charge is 0.461 e. The van der Waals surface area contributed by atoms with Crippen LogP contribution in [0.15, 0.2) is 0 Å². The number of rotatable bonds is 8. The zero-order chi connectivity index (χ0) is 22.5. The summed E-state index contributed by atoms with van der Waals surface area (Å²) >= 11 is 0. The highest BCUT2D eigenvalue weighted by Gasteiger charge is 2.30. The summed E-state index contributed by atoms with van der Waals surface area (Å²) in [7, 11) is 19.3. The van der Waals surface area contributed by atoms with Gasteiger partial charge in [0.1, 0.15) is 34.2 Å². The summed E-state index contributed by atoms with van der Waals surface area (Å²) in [6, 6.07) is 0. The van der Waals surface area contributed by atoms with Gasteiger partial charge in [0.15, 0.2) is 0 Å². The predicted molar refractivity (Wildman–Crippen MR) is 115 cm³/mol. The molecule has 8 radical (unpaired) electrons. The number of benzene rings is 1. The summed E-state index contributed by atoms with van der Waals surface area (Å²) in [5.74, 6) is -2.70. The van der Waals surface area contributed by atoms with E-state index in [0.717, 1.165) is 19.3 Å². The van der Waals surface area contributed by atoms with Gasteiger partial charge in [-0.3, -0.25) is 4.55 Å². The van der Waals surface area contributed by atoms with Crippen LogP contribution in [0.3, 0.4) is 0 Å². The van der Waals surface area contributed by atoms with Crippen LogP contribution in [0.5, 0.6) is 0 Å². The van der Waals surface area contributed by atoms with E-state index in [1.807, 2.05) is 0 Å². The highest BCUT2D eigenvalue weighted by molar-refractivity contribution is 7.85. The van der Waals surface area contributed by atoms with E-state index < -0.39 is 34.4 Å². The Hall–Kier alpha value is -1.67. The van der Waals surface area contributed by atoms with E-state index in [-0.39, 0.29) is 51.9 Å². The van der Waals surface area contributed by atoms with Crippen molar-refractivity contribution in [3.8, 4) is 0 Å². The number of carbonyl (C=O) groups is 2. The molecule has 0 atom stereocenters. The molecule has 0 aliphatic heterocycles. The molecule has 1 aliphatic carbocycles. The Morgan fingerprint density at radius 2 is 1.53 bits per heavy atom. The lowest BCUT2D eigenvalue weighted by atomic mass is 9.68. The van der Waals surface area contributed by atoms with Crippen LogP contribution in [0.2, 0.25) is 0 Å². The molecule has 1 fully saturated rings. The van der Waals surface area contributed by atoms with Crippen molar-refractivity contribution < 1.29 is 32.0 Å². The molecule has 0 unspecified atom stereocenters. The van der Waals surface area contributed by atoms with Crippen molar-refractivity contribution >= 4 is 64.4 Å². The summed E-state index contributed by atoms with van der Waals surface area (Å²) in [6.45, 7) is -0.642. The molecule has 1 N–H and O–H groups in total. The van der Waals surface area contributed by atoms with Crippen LogP contribution in [0, 0.1) is 0 Å². The molecule has 1 aromatic carbocycles. The first-order valence-electron chi connectivity index (χ1n) is 9.56. The van der Waals surface area contributed by atoms with Gasteiger partial charge in [-0.1, -0.05) is 35.6 Å². The van der Waals surface area contributed by atoms with Crippen molar-refractivity contribution in [1.82, 2.24) is 0 Å². The van der Waals surface area contributed by atoms with Gasteiger partial charge in [0.2, 0.25) is 0 Å². The molecule has 1 aliphatic rings. The summed E-state index contributed by atoms with van der Waals surface area (Å²) in [5.41, 5.74) is -0.269. The van der Waals surface area contributed by atoms with Crippen molar-refractivity contribution in [1.29, 1.82) is 0 Å². The van der Waals surface area contributed by atoms with Gasteiger partial charge < -0.3 is 9.47 Å². The maximum Gasteiger partial charge on any atom is 0.339 e. The summed E-state index contributed by atoms with van der Waals surface area (Å²) < 4.78 is 41.1.